The zero-order valence-corrected chi connectivity index (χ0v) is 12.5. The molecular weight excluding hydrogens is 308 g/mol. The summed E-state index contributed by atoms with van der Waals surface area (Å²) in [7, 11) is 1.29. The largest absolute Gasteiger partial charge is 0.466 e. The smallest absolute Gasteiger partial charge is 0.333 e. The van der Waals surface area contributed by atoms with Gasteiger partial charge in [-0.05, 0) is 12.1 Å². The van der Waals surface area contributed by atoms with E-state index in [0.29, 0.717) is 22.2 Å². The van der Waals surface area contributed by atoms with Gasteiger partial charge in [-0.1, -0.05) is 16.9 Å². The summed E-state index contributed by atoms with van der Waals surface area (Å²) in [4.78, 5) is 24.7. The third-order valence-corrected chi connectivity index (χ3v) is 4.02. The van der Waals surface area contributed by atoms with E-state index in [1.165, 1.54) is 36.1 Å². The van der Waals surface area contributed by atoms with Crippen LogP contribution in [-0.2, 0) is 20.9 Å². The number of ether oxygens (including phenoxy) is 1. The molecule has 3 rings (SSSR count). The van der Waals surface area contributed by atoms with Crippen LogP contribution < -0.4 is 0 Å². The lowest BCUT2D eigenvalue weighted by molar-refractivity contribution is -0.134. The van der Waals surface area contributed by atoms with E-state index in [4.69, 9.17) is 8.94 Å². The molecule has 0 aliphatic carbocycles. The first-order chi connectivity index (χ1) is 10.7. The van der Waals surface area contributed by atoms with Crippen molar-refractivity contribution in [2.45, 2.75) is 6.54 Å². The molecule has 0 N–H and O–H groups in total. The summed E-state index contributed by atoms with van der Waals surface area (Å²) in [6.45, 7) is 0.221. The van der Waals surface area contributed by atoms with Crippen LogP contribution in [0.3, 0.4) is 0 Å². The van der Waals surface area contributed by atoms with Gasteiger partial charge >= 0.3 is 5.97 Å². The molecule has 2 aromatic heterocycles. The van der Waals surface area contributed by atoms with Crippen LogP contribution in [-0.4, -0.2) is 34.8 Å². The summed E-state index contributed by atoms with van der Waals surface area (Å²) in [6.07, 6.45) is 2.83. The van der Waals surface area contributed by atoms with E-state index >= 15 is 0 Å². The fourth-order valence-electron chi connectivity index (χ4n) is 1.94. The molecule has 1 fully saturated rings. The van der Waals surface area contributed by atoms with Gasteiger partial charge in [-0.15, -0.1) is 0 Å². The van der Waals surface area contributed by atoms with Gasteiger partial charge in [-0.2, -0.15) is 0 Å². The SMILES string of the molecule is COC(=O)/C=C1/SCC(=O)N1Cc1cc(-c2ccco2)on1. The number of nitrogens with zero attached hydrogens (tertiary/aromatic N) is 2. The van der Waals surface area contributed by atoms with Gasteiger partial charge in [0.05, 0.1) is 36.8 Å². The minimum Gasteiger partial charge on any atom is -0.466 e. The summed E-state index contributed by atoms with van der Waals surface area (Å²) in [5, 5.41) is 4.46. The van der Waals surface area contributed by atoms with Crippen LogP contribution in [0.1, 0.15) is 5.69 Å². The number of carbonyl (C=O) groups is 2. The molecule has 1 amide bonds. The molecule has 1 aliphatic rings. The molecule has 1 aliphatic heterocycles. The summed E-state index contributed by atoms with van der Waals surface area (Å²) < 4.78 is 15.0. The molecule has 0 radical (unpaired) electrons. The zero-order chi connectivity index (χ0) is 15.5. The van der Waals surface area contributed by atoms with Crippen LogP contribution in [0, 0.1) is 0 Å². The Kier molecular flexibility index (Phi) is 4.01. The van der Waals surface area contributed by atoms with Crippen LogP contribution in [0.2, 0.25) is 0 Å². The summed E-state index contributed by atoms with van der Waals surface area (Å²) >= 11 is 1.29. The normalized spacial score (nSPS) is 16.5. The number of thioether (sulfide) groups is 1. The van der Waals surface area contributed by atoms with Crippen molar-refractivity contribution in [1.29, 1.82) is 0 Å². The molecule has 0 spiro atoms. The lowest BCUT2D eigenvalue weighted by Crippen LogP contribution is -2.24. The fraction of sp³-hybridized carbons (Fsp3) is 0.214. The van der Waals surface area contributed by atoms with Gasteiger partial charge in [0.1, 0.15) is 5.69 Å². The summed E-state index contributed by atoms with van der Waals surface area (Å²) in [5.74, 6) is 0.733. The van der Waals surface area contributed by atoms with Crippen LogP contribution in [0.15, 0.2) is 44.5 Å². The summed E-state index contributed by atoms with van der Waals surface area (Å²) in [5.41, 5.74) is 0.568. The second kappa shape index (κ2) is 6.10. The Morgan fingerprint density at radius 2 is 2.41 bits per heavy atom. The molecule has 0 unspecified atom stereocenters. The van der Waals surface area contributed by atoms with Crippen LogP contribution in [0.5, 0.6) is 0 Å². The van der Waals surface area contributed by atoms with Crippen molar-refractivity contribution in [2.24, 2.45) is 0 Å². The fourth-order valence-corrected chi connectivity index (χ4v) is 2.87. The quantitative estimate of drug-likeness (QED) is 0.629. The molecule has 114 valence electrons. The zero-order valence-electron chi connectivity index (χ0n) is 11.6. The van der Waals surface area contributed by atoms with E-state index in [0.717, 1.165) is 0 Å². The lowest BCUT2D eigenvalue weighted by Gasteiger charge is -2.14. The standard InChI is InChI=1S/C14H12N2O5S/c1-19-14(18)6-13-16(12(17)8-22-13)7-9-5-11(21-15-9)10-3-2-4-20-10/h2-6H,7-8H2,1H3/b13-6+. The monoisotopic (exact) mass is 320 g/mol. The average Bonchev–Trinajstić information content (AvgIpc) is 3.23. The van der Waals surface area contributed by atoms with E-state index < -0.39 is 5.97 Å². The molecular formula is C14H12N2O5S. The van der Waals surface area contributed by atoms with E-state index in [2.05, 4.69) is 9.89 Å². The first-order valence-corrected chi connectivity index (χ1v) is 7.38. The highest BCUT2D eigenvalue weighted by Gasteiger charge is 2.28. The highest BCUT2D eigenvalue weighted by Crippen LogP contribution is 2.31. The van der Waals surface area contributed by atoms with Crippen molar-refractivity contribution in [2.75, 3.05) is 12.9 Å². The topological polar surface area (TPSA) is 85.8 Å². The second-order valence-electron chi connectivity index (χ2n) is 4.43. The number of hydrogen-bond acceptors (Lipinski definition) is 7. The van der Waals surface area contributed by atoms with E-state index in [1.807, 2.05) is 0 Å². The van der Waals surface area contributed by atoms with Gasteiger partial charge in [0.15, 0.2) is 5.76 Å². The third kappa shape index (κ3) is 2.91. The number of amides is 1. The number of esters is 1. The van der Waals surface area contributed by atoms with Crippen molar-refractivity contribution in [3.8, 4) is 11.5 Å². The molecule has 0 bridgehead atoms. The average molecular weight is 320 g/mol. The molecule has 0 aromatic carbocycles. The molecule has 0 saturated carbocycles. The first-order valence-electron chi connectivity index (χ1n) is 6.39. The van der Waals surface area contributed by atoms with Crippen molar-refractivity contribution < 1.29 is 23.3 Å². The Labute approximate surface area is 129 Å². The van der Waals surface area contributed by atoms with Crippen LogP contribution in [0.4, 0.5) is 0 Å². The number of furan rings is 1. The third-order valence-electron chi connectivity index (χ3n) is 3.00. The maximum atomic E-state index is 11.9. The highest BCUT2D eigenvalue weighted by atomic mass is 32.2. The number of carbonyl (C=O) groups excluding carboxylic acids is 2. The molecule has 3 heterocycles. The molecule has 22 heavy (non-hydrogen) atoms. The summed E-state index contributed by atoms with van der Waals surface area (Å²) in [6, 6.07) is 5.20. The Balaban J connectivity index is 1.78. The highest BCUT2D eigenvalue weighted by molar-refractivity contribution is 8.04. The van der Waals surface area contributed by atoms with Gasteiger partial charge in [0.2, 0.25) is 11.7 Å². The Morgan fingerprint density at radius 1 is 1.55 bits per heavy atom. The van der Waals surface area contributed by atoms with Crippen molar-refractivity contribution in [3.63, 3.8) is 0 Å². The minimum absolute atomic E-state index is 0.0947. The second-order valence-corrected chi connectivity index (χ2v) is 5.43. The number of rotatable bonds is 4. The number of methoxy groups -OCH3 is 1. The predicted octanol–water partition coefficient (Wildman–Crippen LogP) is 2.02. The molecule has 8 heteroatoms. The van der Waals surface area contributed by atoms with Gasteiger partial charge < -0.3 is 13.7 Å². The molecule has 0 atom stereocenters. The molecule has 1 saturated heterocycles. The molecule has 7 nitrogen and oxygen atoms in total. The van der Waals surface area contributed by atoms with Gasteiger partial charge in [-0.3, -0.25) is 9.69 Å². The van der Waals surface area contributed by atoms with Gasteiger partial charge in [0, 0.05) is 6.07 Å². The Hall–Kier alpha value is -2.48. The Bertz CT molecular complexity index is 719. The Morgan fingerprint density at radius 3 is 3.14 bits per heavy atom. The maximum absolute atomic E-state index is 11.9. The maximum Gasteiger partial charge on any atom is 0.333 e. The lowest BCUT2D eigenvalue weighted by atomic mass is 10.3. The van der Waals surface area contributed by atoms with E-state index in [9.17, 15) is 9.59 Å². The van der Waals surface area contributed by atoms with E-state index in [-0.39, 0.29) is 18.2 Å². The van der Waals surface area contributed by atoms with E-state index in [1.54, 1.807) is 18.2 Å². The predicted molar refractivity (Wildman–Crippen MR) is 77.3 cm³/mol. The minimum atomic E-state index is -0.501. The number of hydrogen-bond donors (Lipinski definition) is 0. The van der Waals surface area contributed by atoms with Crippen LogP contribution >= 0.6 is 11.8 Å². The van der Waals surface area contributed by atoms with Crippen LogP contribution in [0.25, 0.3) is 11.5 Å². The van der Waals surface area contributed by atoms with Crippen molar-refractivity contribution in [1.82, 2.24) is 10.1 Å². The van der Waals surface area contributed by atoms with Crippen molar-refractivity contribution in [3.05, 3.63) is 41.3 Å². The van der Waals surface area contributed by atoms with Gasteiger partial charge in [-0.25, -0.2) is 4.79 Å². The van der Waals surface area contributed by atoms with Gasteiger partial charge in [0.25, 0.3) is 0 Å². The molecule has 2 aromatic rings. The number of aromatic nitrogens is 1. The van der Waals surface area contributed by atoms with Crippen molar-refractivity contribution >= 4 is 23.6 Å². The first kappa shape index (κ1) is 14.5.